The Kier molecular flexibility index (Phi) is 9.65. The van der Waals surface area contributed by atoms with Crippen LogP contribution in [0.4, 0.5) is 5.69 Å². The lowest BCUT2D eigenvalue weighted by Gasteiger charge is -2.13. The van der Waals surface area contributed by atoms with Crippen molar-refractivity contribution >= 4 is 33.7 Å². The Bertz CT molecular complexity index is 1350. The standard InChI is InChI=1S/C25H22BrN5O6/c1-16-24(26)22(14-35-2)21(11-27)25(29-16)37-15-23(32)30-28-12-18-4-3-5-20(10-18)36-13-17-6-8-19(9-7-17)31(33)34/h3-10,12H,13-15H2,1-2H3,(H,30,32). The number of non-ortho nitro benzene ring substituents is 1. The lowest BCUT2D eigenvalue weighted by atomic mass is 10.1. The number of benzene rings is 2. The quantitative estimate of drug-likeness (QED) is 0.206. The Labute approximate surface area is 221 Å². The van der Waals surface area contributed by atoms with Crippen LogP contribution in [0, 0.1) is 28.4 Å². The van der Waals surface area contributed by atoms with Gasteiger partial charge in [-0.15, -0.1) is 0 Å². The van der Waals surface area contributed by atoms with Crippen LogP contribution in [0.1, 0.15) is 27.9 Å². The summed E-state index contributed by atoms with van der Waals surface area (Å²) in [6.45, 7) is 1.75. The molecule has 37 heavy (non-hydrogen) atoms. The number of pyridine rings is 1. The summed E-state index contributed by atoms with van der Waals surface area (Å²) in [7, 11) is 1.51. The predicted octanol–water partition coefficient (Wildman–Crippen LogP) is 4.19. The van der Waals surface area contributed by atoms with Crippen LogP contribution in [-0.2, 0) is 22.7 Å². The number of nitrogens with one attached hydrogen (secondary N) is 1. The number of aryl methyl sites for hydroxylation is 1. The van der Waals surface area contributed by atoms with Crippen LogP contribution in [0.5, 0.6) is 11.6 Å². The highest BCUT2D eigenvalue weighted by atomic mass is 79.9. The zero-order chi connectivity index (χ0) is 26.8. The van der Waals surface area contributed by atoms with E-state index in [1.165, 1.54) is 25.5 Å². The Balaban J connectivity index is 1.54. The molecule has 3 aromatic rings. The first kappa shape index (κ1) is 27.3. The number of nitro benzene ring substituents is 1. The van der Waals surface area contributed by atoms with E-state index in [0.717, 1.165) is 5.56 Å². The highest BCUT2D eigenvalue weighted by molar-refractivity contribution is 9.10. The number of hydrogen-bond donors (Lipinski definition) is 1. The molecule has 1 aromatic heterocycles. The molecule has 0 aliphatic rings. The SMILES string of the molecule is COCc1c(Br)c(C)nc(OCC(=O)NN=Cc2cccc(OCc3ccc([N+](=O)[O-])cc3)c2)c1C#N. The molecule has 0 aliphatic carbocycles. The van der Waals surface area contributed by atoms with Crippen molar-refractivity contribution in [1.29, 1.82) is 5.26 Å². The summed E-state index contributed by atoms with van der Waals surface area (Å²) in [6, 6.07) is 15.2. The Morgan fingerprint density at radius 3 is 2.68 bits per heavy atom. The van der Waals surface area contributed by atoms with E-state index in [-0.39, 0.29) is 30.3 Å². The van der Waals surface area contributed by atoms with Crippen LogP contribution in [0.2, 0.25) is 0 Å². The van der Waals surface area contributed by atoms with Crippen molar-refractivity contribution in [2.45, 2.75) is 20.1 Å². The molecule has 0 atom stereocenters. The number of methoxy groups -OCH3 is 1. The Hall–Kier alpha value is -4.34. The molecule has 2 aromatic carbocycles. The number of ether oxygens (including phenoxy) is 3. The minimum Gasteiger partial charge on any atom is -0.489 e. The molecular formula is C25H22BrN5O6. The van der Waals surface area contributed by atoms with Crippen LogP contribution < -0.4 is 14.9 Å². The maximum Gasteiger partial charge on any atom is 0.278 e. The van der Waals surface area contributed by atoms with Gasteiger partial charge in [-0.05, 0) is 58.2 Å². The first-order chi connectivity index (χ1) is 17.8. The van der Waals surface area contributed by atoms with E-state index in [1.807, 2.05) is 6.07 Å². The van der Waals surface area contributed by atoms with Crippen molar-refractivity contribution < 1.29 is 23.9 Å². The summed E-state index contributed by atoms with van der Waals surface area (Å²) < 4.78 is 17.0. The van der Waals surface area contributed by atoms with Crippen LogP contribution in [0.15, 0.2) is 58.1 Å². The molecule has 0 aliphatic heterocycles. The molecule has 12 heteroatoms. The maximum absolute atomic E-state index is 12.2. The molecule has 11 nitrogen and oxygen atoms in total. The number of hydrogen-bond acceptors (Lipinski definition) is 9. The van der Waals surface area contributed by atoms with Gasteiger partial charge in [-0.25, -0.2) is 10.4 Å². The molecule has 1 N–H and O–H groups in total. The van der Waals surface area contributed by atoms with Gasteiger partial charge in [0.1, 0.15) is 24.0 Å². The van der Waals surface area contributed by atoms with Crippen molar-refractivity contribution in [3.05, 3.63) is 91.1 Å². The number of nitro groups is 1. The normalized spacial score (nSPS) is 10.6. The molecular weight excluding hydrogens is 546 g/mol. The fourth-order valence-corrected chi connectivity index (χ4v) is 3.53. The monoisotopic (exact) mass is 567 g/mol. The average Bonchev–Trinajstić information content (AvgIpc) is 2.89. The van der Waals surface area contributed by atoms with Gasteiger partial charge in [0.15, 0.2) is 6.61 Å². The fourth-order valence-electron chi connectivity index (χ4n) is 3.12. The van der Waals surface area contributed by atoms with E-state index in [1.54, 1.807) is 43.3 Å². The summed E-state index contributed by atoms with van der Waals surface area (Å²) in [5.74, 6) is 0.0539. The lowest BCUT2D eigenvalue weighted by Crippen LogP contribution is -2.25. The second-order valence-corrected chi connectivity index (χ2v) is 8.37. The Morgan fingerprint density at radius 2 is 2.00 bits per heavy atom. The van der Waals surface area contributed by atoms with Crippen LogP contribution in [0.3, 0.4) is 0 Å². The van der Waals surface area contributed by atoms with Gasteiger partial charge in [0.25, 0.3) is 11.6 Å². The molecule has 0 unspecified atom stereocenters. The number of hydrazone groups is 1. The number of aromatic nitrogens is 1. The zero-order valence-corrected chi connectivity index (χ0v) is 21.5. The van der Waals surface area contributed by atoms with E-state index in [9.17, 15) is 20.2 Å². The van der Waals surface area contributed by atoms with Gasteiger partial charge in [-0.2, -0.15) is 10.4 Å². The summed E-state index contributed by atoms with van der Waals surface area (Å²) in [5, 5.41) is 24.2. The third-order valence-corrected chi connectivity index (χ3v) is 5.97. The third-order valence-electron chi connectivity index (χ3n) is 4.92. The van der Waals surface area contributed by atoms with E-state index < -0.39 is 17.4 Å². The number of rotatable bonds is 11. The molecule has 0 bridgehead atoms. The molecule has 0 radical (unpaired) electrons. The number of amides is 1. The number of nitriles is 1. The van der Waals surface area contributed by atoms with Crippen LogP contribution in [-0.4, -0.2) is 35.7 Å². The minimum absolute atomic E-state index is 0.0129. The number of halogens is 1. The predicted molar refractivity (Wildman–Crippen MR) is 137 cm³/mol. The van der Waals surface area contributed by atoms with Crippen molar-refractivity contribution in [2.24, 2.45) is 5.10 Å². The van der Waals surface area contributed by atoms with E-state index in [0.29, 0.717) is 27.0 Å². The lowest BCUT2D eigenvalue weighted by molar-refractivity contribution is -0.384. The van der Waals surface area contributed by atoms with E-state index >= 15 is 0 Å². The largest absolute Gasteiger partial charge is 0.489 e. The summed E-state index contributed by atoms with van der Waals surface area (Å²) in [6.07, 6.45) is 1.44. The summed E-state index contributed by atoms with van der Waals surface area (Å²) in [4.78, 5) is 26.7. The van der Waals surface area contributed by atoms with Gasteiger partial charge in [0, 0.05) is 29.3 Å². The zero-order valence-electron chi connectivity index (χ0n) is 19.9. The van der Waals surface area contributed by atoms with Crippen LogP contribution >= 0.6 is 15.9 Å². The number of nitrogens with zero attached hydrogens (tertiary/aromatic N) is 4. The van der Waals surface area contributed by atoms with Crippen LogP contribution in [0.25, 0.3) is 0 Å². The molecule has 1 amide bonds. The molecule has 3 rings (SSSR count). The van der Waals surface area contributed by atoms with Crippen molar-refractivity contribution in [3.63, 3.8) is 0 Å². The van der Waals surface area contributed by atoms with Gasteiger partial charge in [0.05, 0.1) is 23.4 Å². The topological polar surface area (TPSA) is 149 Å². The average molecular weight is 568 g/mol. The van der Waals surface area contributed by atoms with Gasteiger partial charge >= 0.3 is 0 Å². The number of carbonyl (C=O) groups is 1. The van der Waals surface area contributed by atoms with Crippen molar-refractivity contribution in [1.82, 2.24) is 10.4 Å². The molecule has 1 heterocycles. The molecule has 0 fully saturated rings. The summed E-state index contributed by atoms with van der Waals surface area (Å²) >= 11 is 3.40. The molecule has 0 spiro atoms. The molecule has 190 valence electrons. The highest BCUT2D eigenvalue weighted by Crippen LogP contribution is 2.30. The van der Waals surface area contributed by atoms with Gasteiger partial charge < -0.3 is 14.2 Å². The second kappa shape index (κ2) is 13.1. The van der Waals surface area contributed by atoms with Crippen molar-refractivity contribution in [3.8, 4) is 17.7 Å². The second-order valence-electron chi connectivity index (χ2n) is 7.58. The van der Waals surface area contributed by atoms with E-state index in [4.69, 9.17) is 14.2 Å². The summed E-state index contributed by atoms with van der Waals surface area (Å²) in [5.41, 5.74) is 5.18. The van der Waals surface area contributed by atoms with Gasteiger partial charge in [-0.3, -0.25) is 14.9 Å². The van der Waals surface area contributed by atoms with E-state index in [2.05, 4.69) is 31.4 Å². The molecule has 0 saturated heterocycles. The first-order valence-electron chi connectivity index (χ1n) is 10.8. The minimum atomic E-state index is -0.540. The van der Waals surface area contributed by atoms with Gasteiger partial charge in [-0.1, -0.05) is 12.1 Å². The van der Waals surface area contributed by atoms with Gasteiger partial charge in [0.2, 0.25) is 5.88 Å². The smallest absolute Gasteiger partial charge is 0.278 e. The fraction of sp³-hybridized carbons (Fsp3) is 0.200. The van der Waals surface area contributed by atoms with Crippen molar-refractivity contribution in [2.75, 3.05) is 13.7 Å². The Morgan fingerprint density at radius 1 is 1.24 bits per heavy atom. The highest BCUT2D eigenvalue weighted by Gasteiger charge is 2.18. The number of carbonyl (C=O) groups excluding carboxylic acids is 1. The molecule has 0 saturated carbocycles. The maximum atomic E-state index is 12.2. The third kappa shape index (κ3) is 7.57. The first-order valence-corrected chi connectivity index (χ1v) is 11.6.